The third-order valence-electron chi connectivity index (χ3n) is 2.24. The zero-order valence-electron chi connectivity index (χ0n) is 7.76. The molecule has 0 amide bonds. The van der Waals surface area contributed by atoms with Gasteiger partial charge in [0.1, 0.15) is 5.54 Å². The third kappa shape index (κ3) is 2.80. The van der Waals surface area contributed by atoms with Crippen molar-refractivity contribution < 1.29 is 4.74 Å². The van der Waals surface area contributed by atoms with Crippen molar-refractivity contribution in [3.8, 4) is 6.07 Å². The Kier molecular flexibility index (Phi) is 3.07. The van der Waals surface area contributed by atoms with Crippen molar-refractivity contribution in [2.75, 3.05) is 20.3 Å². The molecule has 0 aliphatic heterocycles. The van der Waals surface area contributed by atoms with Crippen LogP contribution in [0.15, 0.2) is 0 Å². The maximum Gasteiger partial charge on any atom is 0.127 e. The van der Waals surface area contributed by atoms with Gasteiger partial charge in [-0.15, -0.1) is 0 Å². The first kappa shape index (κ1) is 9.50. The highest BCUT2D eigenvalue weighted by atomic mass is 16.5. The molecule has 68 valence electrons. The molecule has 3 heteroatoms. The van der Waals surface area contributed by atoms with E-state index in [1.165, 1.54) is 12.8 Å². The van der Waals surface area contributed by atoms with Gasteiger partial charge in [-0.3, -0.25) is 0 Å². The summed E-state index contributed by atoms with van der Waals surface area (Å²) >= 11 is 0. The van der Waals surface area contributed by atoms with Gasteiger partial charge in [-0.1, -0.05) is 0 Å². The summed E-state index contributed by atoms with van der Waals surface area (Å²) in [5, 5.41) is 11.7. The Morgan fingerprint density at radius 1 is 1.67 bits per heavy atom. The van der Waals surface area contributed by atoms with Gasteiger partial charge in [-0.25, -0.2) is 0 Å². The molecule has 0 aromatic heterocycles. The number of nitrogens with zero attached hydrogens (tertiary/aromatic N) is 1. The second-order valence-corrected chi connectivity index (χ2v) is 3.65. The molecule has 12 heavy (non-hydrogen) atoms. The summed E-state index contributed by atoms with van der Waals surface area (Å²) < 4.78 is 5.42. The van der Waals surface area contributed by atoms with Crippen molar-refractivity contribution >= 4 is 0 Å². The summed E-state index contributed by atoms with van der Waals surface area (Å²) in [4.78, 5) is 0. The second kappa shape index (κ2) is 3.88. The standard InChI is InChI=1S/C9H16N2O/c1-9(6-10,11-2)7-12-5-8-3-4-8/h8,11H,3-5,7H2,1-2H3. The fourth-order valence-electron chi connectivity index (χ4n) is 0.875. The summed E-state index contributed by atoms with van der Waals surface area (Å²) in [6.45, 7) is 3.15. The fraction of sp³-hybridized carbons (Fsp3) is 0.889. The lowest BCUT2D eigenvalue weighted by atomic mass is 10.1. The van der Waals surface area contributed by atoms with Gasteiger partial charge in [0, 0.05) is 6.61 Å². The van der Waals surface area contributed by atoms with Crippen LogP contribution in [0.5, 0.6) is 0 Å². The monoisotopic (exact) mass is 168 g/mol. The Balaban J connectivity index is 2.14. The van der Waals surface area contributed by atoms with Crippen LogP contribution in [0, 0.1) is 17.2 Å². The highest BCUT2D eigenvalue weighted by Crippen LogP contribution is 2.28. The Bertz CT molecular complexity index is 183. The maximum atomic E-state index is 8.77. The smallest absolute Gasteiger partial charge is 0.127 e. The SMILES string of the molecule is CNC(C)(C#N)COCC1CC1. The Morgan fingerprint density at radius 3 is 2.75 bits per heavy atom. The summed E-state index contributed by atoms with van der Waals surface area (Å²) in [7, 11) is 1.78. The van der Waals surface area contributed by atoms with Gasteiger partial charge in [0.25, 0.3) is 0 Å². The summed E-state index contributed by atoms with van der Waals surface area (Å²) in [5.41, 5.74) is -0.519. The molecule has 1 aliphatic rings. The lowest BCUT2D eigenvalue weighted by molar-refractivity contribution is 0.0902. The first-order chi connectivity index (χ1) is 5.70. The van der Waals surface area contributed by atoms with Crippen LogP contribution in [-0.2, 0) is 4.74 Å². The minimum absolute atomic E-state index is 0.483. The van der Waals surface area contributed by atoms with E-state index in [0.29, 0.717) is 6.61 Å². The van der Waals surface area contributed by atoms with E-state index < -0.39 is 5.54 Å². The molecule has 0 aromatic carbocycles. The van der Waals surface area contributed by atoms with Crippen molar-refractivity contribution in [1.29, 1.82) is 5.26 Å². The number of hydrogen-bond acceptors (Lipinski definition) is 3. The highest BCUT2D eigenvalue weighted by Gasteiger charge is 2.25. The average Bonchev–Trinajstić information content (AvgIpc) is 2.88. The molecule has 1 saturated carbocycles. The molecule has 1 atom stereocenters. The van der Waals surface area contributed by atoms with Gasteiger partial charge in [0.05, 0.1) is 12.7 Å². The Morgan fingerprint density at radius 2 is 2.33 bits per heavy atom. The molecule has 1 N–H and O–H groups in total. The molecule has 1 unspecified atom stereocenters. The molecule has 1 rings (SSSR count). The normalized spacial score (nSPS) is 21.4. The van der Waals surface area contributed by atoms with Crippen LogP contribution >= 0.6 is 0 Å². The third-order valence-corrected chi connectivity index (χ3v) is 2.24. The van der Waals surface area contributed by atoms with E-state index in [0.717, 1.165) is 12.5 Å². The number of rotatable bonds is 5. The summed E-state index contributed by atoms with van der Waals surface area (Å²) in [6.07, 6.45) is 2.59. The van der Waals surface area contributed by atoms with Crippen LogP contribution in [-0.4, -0.2) is 25.8 Å². The van der Waals surface area contributed by atoms with Crippen LogP contribution < -0.4 is 5.32 Å². The minimum atomic E-state index is -0.519. The van der Waals surface area contributed by atoms with Gasteiger partial charge in [0.15, 0.2) is 0 Å². The quantitative estimate of drug-likeness (QED) is 0.663. The number of ether oxygens (including phenoxy) is 1. The van der Waals surface area contributed by atoms with E-state index in [1.807, 2.05) is 6.92 Å². The van der Waals surface area contributed by atoms with Gasteiger partial charge in [-0.2, -0.15) is 5.26 Å². The molecular weight excluding hydrogens is 152 g/mol. The number of likely N-dealkylation sites (N-methyl/N-ethyl adjacent to an activating group) is 1. The van der Waals surface area contributed by atoms with Gasteiger partial charge in [0.2, 0.25) is 0 Å². The first-order valence-corrected chi connectivity index (χ1v) is 4.38. The second-order valence-electron chi connectivity index (χ2n) is 3.65. The first-order valence-electron chi connectivity index (χ1n) is 4.38. The van der Waals surface area contributed by atoms with Gasteiger partial charge < -0.3 is 10.1 Å². The zero-order valence-corrected chi connectivity index (χ0v) is 7.76. The number of hydrogen-bond donors (Lipinski definition) is 1. The van der Waals surface area contributed by atoms with Crippen molar-refractivity contribution in [3.63, 3.8) is 0 Å². The predicted octanol–water partition coefficient (Wildman–Crippen LogP) is 0.915. The molecule has 0 bridgehead atoms. The molecule has 0 saturated heterocycles. The fourth-order valence-corrected chi connectivity index (χ4v) is 0.875. The summed E-state index contributed by atoms with van der Waals surface area (Å²) in [5.74, 6) is 0.768. The van der Waals surface area contributed by atoms with E-state index in [2.05, 4.69) is 11.4 Å². The van der Waals surface area contributed by atoms with Gasteiger partial charge in [-0.05, 0) is 32.7 Å². The van der Waals surface area contributed by atoms with Crippen molar-refractivity contribution in [1.82, 2.24) is 5.32 Å². The Labute approximate surface area is 73.7 Å². The largest absolute Gasteiger partial charge is 0.378 e. The molecule has 0 heterocycles. The van der Waals surface area contributed by atoms with E-state index in [1.54, 1.807) is 7.05 Å². The van der Waals surface area contributed by atoms with Crippen LogP contribution in [0.1, 0.15) is 19.8 Å². The molecule has 0 aromatic rings. The number of nitriles is 1. The minimum Gasteiger partial charge on any atom is -0.378 e. The van der Waals surface area contributed by atoms with Crippen LogP contribution in [0.4, 0.5) is 0 Å². The maximum absolute atomic E-state index is 8.77. The molecule has 3 nitrogen and oxygen atoms in total. The zero-order chi connectivity index (χ0) is 9.03. The molecule has 1 fully saturated rings. The molecular formula is C9H16N2O. The predicted molar refractivity (Wildman–Crippen MR) is 46.6 cm³/mol. The summed E-state index contributed by atoms with van der Waals surface area (Å²) in [6, 6.07) is 2.19. The van der Waals surface area contributed by atoms with Crippen molar-refractivity contribution in [3.05, 3.63) is 0 Å². The van der Waals surface area contributed by atoms with E-state index in [9.17, 15) is 0 Å². The molecule has 0 spiro atoms. The lowest BCUT2D eigenvalue weighted by Gasteiger charge is -2.20. The van der Waals surface area contributed by atoms with Gasteiger partial charge >= 0.3 is 0 Å². The van der Waals surface area contributed by atoms with Crippen LogP contribution in [0.2, 0.25) is 0 Å². The lowest BCUT2D eigenvalue weighted by Crippen LogP contribution is -2.42. The van der Waals surface area contributed by atoms with Crippen molar-refractivity contribution in [2.45, 2.75) is 25.3 Å². The topological polar surface area (TPSA) is 45.0 Å². The Hall–Kier alpha value is -0.590. The average molecular weight is 168 g/mol. The van der Waals surface area contributed by atoms with E-state index in [-0.39, 0.29) is 0 Å². The van der Waals surface area contributed by atoms with E-state index in [4.69, 9.17) is 10.00 Å². The van der Waals surface area contributed by atoms with Crippen LogP contribution in [0.25, 0.3) is 0 Å². The van der Waals surface area contributed by atoms with E-state index >= 15 is 0 Å². The number of nitrogens with one attached hydrogen (secondary N) is 1. The highest BCUT2D eigenvalue weighted by molar-refractivity contribution is 5.03. The van der Waals surface area contributed by atoms with Crippen LogP contribution in [0.3, 0.4) is 0 Å². The molecule has 1 aliphatic carbocycles. The van der Waals surface area contributed by atoms with Crippen molar-refractivity contribution in [2.24, 2.45) is 5.92 Å². The molecule has 0 radical (unpaired) electrons.